The summed E-state index contributed by atoms with van der Waals surface area (Å²) in [5.41, 5.74) is 0.977. The minimum Gasteiger partial charge on any atom is -0.411 e. The van der Waals surface area contributed by atoms with Gasteiger partial charge in [-0.15, -0.1) is 0 Å². The molecule has 4 fully saturated rings. The van der Waals surface area contributed by atoms with Gasteiger partial charge >= 0.3 is 0 Å². The molecule has 3 saturated heterocycles. The minimum absolute atomic E-state index is 0.0174. The van der Waals surface area contributed by atoms with Gasteiger partial charge in [0.25, 0.3) is 0 Å². The van der Waals surface area contributed by atoms with Gasteiger partial charge < -0.3 is 57.1 Å². The van der Waals surface area contributed by atoms with Gasteiger partial charge in [0, 0.05) is 34.5 Å². The fraction of sp³-hybridized carbons (Fsp3) is 0.943. The monoisotopic (exact) mass is 701 g/mol. The first-order chi connectivity index (χ1) is 22.0. The van der Waals surface area contributed by atoms with Gasteiger partial charge in [-0.3, -0.25) is 0 Å². The Morgan fingerprint density at radius 3 is 1.71 bits per heavy atom. The van der Waals surface area contributed by atoms with Gasteiger partial charge in [0.2, 0.25) is 23.1 Å². The number of hydrogen-bond donors (Lipinski definition) is 1. The first kappa shape index (κ1) is 38.7. The molecule has 0 spiro atoms. The summed E-state index contributed by atoms with van der Waals surface area (Å²) in [6.07, 6.45) is 0.390. The molecule has 13 heteroatoms. The Morgan fingerprint density at radius 1 is 0.729 bits per heavy atom. The summed E-state index contributed by atoms with van der Waals surface area (Å²) in [6.45, 7) is 25.2. The predicted octanol–water partition coefficient (Wildman–Crippen LogP) is 4.85. The summed E-state index contributed by atoms with van der Waals surface area (Å²) in [6, 6.07) is -0.524. The van der Waals surface area contributed by atoms with E-state index < -0.39 is 67.8 Å². The van der Waals surface area contributed by atoms with E-state index in [0.717, 1.165) is 12.0 Å². The first-order valence-electron chi connectivity index (χ1n) is 17.4. The lowest BCUT2D eigenvalue weighted by Crippen LogP contribution is -2.76. The molecular weight excluding hydrogens is 638 g/mol. The van der Waals surface area contributed by atoms with Crippen molar-refractivity contribution >= 4 is 8.32 Å². The van der Waals surface area contributed by atoms with Gasteiger partial charge in [-0.2, -0.15) is 0 Å². The SMILES string of the molecule is CO[C@]1(C)O[C@@H]2[C@@H](O[C@@]1(C)OC)[C@@H]1OC(C)(C)OCC1=C[C@@H]2N[C@H]1[C@@H]2O[C@@](C)(OC)[C@](C)(OC)O[C@H]2[C@@H](O[Si](C)(C)C(C)(C)C)C[C@@H]1C. The topological polar surface area (TPSA) is 114 Å². The van der Waals surface area contributed by atoms with E-state index in [1.807, 2.05) is 41.5 Å². The van der Waals surface area contributed by atoms with E-state index in [1.165, 1.54) is 0 Å². The number of ether oxygens (including phenoxy) is 10. The maximum atomic E-state index is 7.10. The van der Waals surface area contributed by atoms with Gasteiger partial charge in [-0.25, -0.2) is 0 Å². The van der Waals surface area contributed by atoms with Crippen LogP contribution in [-0.4, -0.2) is 121 Å². The fourth-order valence-electron chi connectivity index (χ4n) is 7.51. The van der Waals surface area contributed by atoms with E-state index in [-0.39, 0.29) is 29.1 Å². The summed E-state index contributed by atoms with van der Waals surface area (Å²) in [4.78, 5) is 0. The normalized spacial score (nSPS) is 47.8. The van der Waals surface area contributed by atoms with Gasteiger partial charge in [0.1, 0.15) is 30.5 Å². The van der Waals surface area contributed by atoms with Crippen LogP contribution in [0.2, 0.25) is 18.1 Å². The molecule has 278 valence electrons. The third-order valence-electron chi connectivity index (χ3n) is 12.3. The van der Waals surface area contributed by atoms with Crippen molar-refractivity contribution in [3.8, 4) is 0 Å². The lowest BCUT2D eigenvalue weighted by Gasteiger charge is -2.60. The molecule has 0 bridgehead atoms. The average molecular weight is 702 g/mol. The van der Waals surface area contributed by atoms with Crippen LogP contribution in [0.3, 0.4) is 0 Å². The average Bonchev–Trinajstić information content (AvgIpc) is 3.00. The molecule has 0 aromatic heterocycles. The van der Waals surface area contributed by atoms with Crippen molar-refractivity contribution in [2.45, 2.75) is 171 Å². The summed E-state index contributed by atoms with van der Waals surface area (Å²) in [5, 5.41) is 3.97. The van der Waals surface area contributed by atoms with Crippen LogP contribution in [0.15, 0.2) is 11.6 Å². The molecular formula is C35H63NO11Si. The smallest absolute Gasteiger partial charge is 0.220 e. The third-order valence-corrected chi connectivity index (χ3v) is 16.8. The zero-order valence-electron chi connectivity index (χ0n) is 32.2. The summed E-state index contributed by atoms with van der Waals surface area (Å²) in [5.74, 6) is -5.47. The highest BCUT2D eigenvalue weighted by atomic mass is 28.4. The molecule has 13 atom stereocenters. The molecule has 5 aliphatic rings. The van der Waals surface area contributed by atoms with Gasteiger partial charge in [0.15, 0.2) is 14.1 Å². The Kier molecular flexibility index (Phi) is 10.4. The number of rotatable bonds is 8. The van der Waals surface area contributed by atoms with Crippen LogP contribution in [0, 0.1) is 5.92 Å². The third kappa shape index (κ3) is 6.41. The maximum Gasteiger partial charge on any atom is 0.220 e. The molecule has 0 aromatic rings. The van der Waals surface area contributed by atoms with Gasteiger partial charge in [0.05, 0.1) is 18.8 Å². The molecule has 12 nitrogen and oxygen atoms in total. The second-order valence-corrected chi connectivity index (χ2v) is 21.5. The molecule has 0 unspecified atom stereocenters. The Labute approximate surface area is 289 Å². The quantitative estimate of drug-likeness (QED) is 0.276. The Balaban J connectivity index is 1.54. The molecule has 0 aromatic carbocycles. The first-order valence-corrected chi connectivity index (χ1v) is 20.3. The van der Waals surface area contributed by atoms with E-state index in [2.05, 4.69) is 52.2 Å². The van der Waals surface area contributed by atoms with Crippen LogP contribution in [-0.2, 0) is 51.8 Å². The molecule has 1 N–H and O–H groups in total. The Morgan fingerprint density at radius 2 is 1.21 bits per heavy atom. The van der Waals surface area contributed by atoms with Gasteiger partial charge in [-0.1, -0.05) is 33.8 Å². The molecule has 0 radical (unpaired) electrons. The van der Waals surface area contributed by atoms with Crippen LogP contribution in [0.1, 0.15) is 75.7 Å². The summed E-state index contributed by atoms with van der Waals surface area (Å²) in [7, 11) is 4.25. The number of hydrogen-bond acceptors (Lipinski definition) is 12. The highest BCUT2D eigenvalue weighted by molar-refractivity contribution is 6.74. The largest absolute Gasteiger partial charge is 0.411 e. The molecule has 48 heavy (non-hydrogen) atoms. The van der Waals surface area contributed by atoms with Crippen molar-refractivity contribution in [2.24, 2.45) is 5.92 Å². The van der Waals surface area contributed by atoms with Crippen molar-refractivity contribution in [3.63, 3.8) is 0 Å². The lowest BCUT2D eigenvalue weighted by molar-refractivity contribution is -0.464. The van der Waals surface area contributed by atoms with Crippen molar-refractivity contribution in [2.75, 3.05) is 35.0 Å². The van der Waals surface area contributed by atoms with Crippen LogP contribution in [0.25, 0.3) is 0 Å². The number of nitrogens with one attached hydrogen (secondary N) is 1. The molecule has 2 aliphatic carbocycles. The van der Waals surface area contributed by atoms with E-state index in [1.54, 1.807) is 28.4 Å². The molecule has 3 heterocycles. The van der Waals surface area contributed by atoms with E-state index in [9.17, 15) is 0 Å². The highest BCUT2D eigenvalue weighted by Gasteiger charge is 2.65. The van der Waals surface area contributed by atoms with Crippen molar-refractivity contribution < 1.29 is 51.8 Å². The fourth-order valence-corrected chi connectivity index (χ4v) is 8.85. The maximum absolute atomic E-state index is 7.10. The second kappa shape index (κ2) is 12.9. The summed E-state index contributed by atoms with van der Waals surface area (Å²) >= 11 is 0. The standard InChI is InChI=1S/C35H63NO11Si/c1-20-17-23(47-48(15,16)30(2,3)4)27-28(45-34(9,39-13)33(8,38-12)44-27)24(20)36-22-18-21-19-41-31(5,6)42-25(21)29-26(22)43-32(7,37-11)35(10,40-14)46-29/h18,20,22-29,36H,17,19H2,1-16H3/t20-,22-,23-,24+,25+,26-,27-,28-,29-,32+,33+,34+,35+/m0/s1. The van der Waals surface area contributed by atoms with Crippen LogP contribution >= 0.6 is 0 Å². The second-order valence-electron chi connectivity index (χ2n) is 16.7. The lowest BCUT2D eigenvalue weighted by atomic mass is 9.77. The van der Waals surface area contributed by atoms with Crippen LogP contribution < -0.4 is 5.32 Å². The Hall–Kier alpha value is -0.523. The van der Waals surface area contributed by atoms with Gasteiger partial charge in [-0.05, 0) is 77.6 Å². The molecule has 0 amide bonds. The van der Waals surface area contributed by atoms with E-state index in [0.29, 0.717) is 6.61 Å². The van der Waals surface area contributed by atoms with Crippen LogP contribution in [0.5, 0.6) is 0 Å². The van der Waals surface area contributed by atoms with Crippen molar-refractivity contribution in [3.05, 3.63) is 11.6 Å². The minimum atomic E-state index is -2.18. The molecule has 5 rings (SSSR count). The number of methoxy groups -OCH3 is 4. The Bertz CT molecular complexity index is 1210. The highest BCUT2D eigenvalue weighted by Crippen LogP contribution is 2.49. The van der Waals surface area contributed by atoms with Crippen LogP contribution in [0.4, 0.5) is 0 Å². The van der Waals surface area contributed by atoms with Crippen molar-refractivity contribution in [1.29, 1.82) is 0 Å². The zero-order valence-corrected chi connectivity index (χ0v) is 33.2. The van der Waals surface area contributed by atoms with E-state index in [4.69, 9.17) is 51.8 Å². The number of fused-ring (bicyclic) bond motifs is 4. The van der Waals surface area contributed by atoms with Crippen molar-refractivity contribution in [1.82, 2.24) is 5.32 Å². The zero-order chi connectivity index (χ0) is 35.9. The molecule has 3 aliphatic heterocycles. The predicted molar refractivity (Wildman–Crippen MR) is 181 cm³/mol. The molecule has 1 saturated carbocycles. The summed E-state index contributed by atoms with van der Waals surface area (Å²) < 4.78 is 71.1. The van der Waals surface area contributed by atoms with E-state index >= 15 is 0 Å².